The lowest BCUT2D eigenvalue weighted by Crippen LogP contribution is -2.22. The Kier molecular flexibility index (Phi) is 5.05. The summed E-state index contributed by atoms with van der Waals surface area (Å²) in [6, 6.07) is 9.45. The summed E-state index contributed by atoms with van der Waals surface area (Å²) in [6.07, 6.45) is 7.21. The molecule has 0 unspecified atom stereocenters. The minimum absolute atomic E-state index is 0.0369. The van der Waals surface area contributed by atoms with Crippen molar-refractivity contribution < 1.29 is 19.1 Å². The summed E-state index contributed by atoms with van der Waals surface area (Å²) in [5, 5.41) is 12.2. The Hall–Kier alpha value is -3.58. The zero-order valence-electron chi connectivity index (χ0n) is 15.4. The number of nitrogens with zero attached hydrogens (tertiary/aromatic N) is 2. The van der Waals surface area contributed by atoms with Crippen LogP contribution in [0.3, 0.4) is 0 Å². The Balaban J connectivity index is 1.83. The number of amides is 2. The van der Waals surface area contributed by atoms with Gasteiger partial charge in [0.15, 0.2) is 0 Å². The van der Waals surface area contributed by atoms with Gasteiger partial charge >= 0.3 is 0 Å². The Morgan fingerprint density at radius 1 is 1.10 bits per heavy atom. The van der Waals surface area contributed by atoms with Crippen molar-refractivity contribution in [2.75, 3.05) is 6.61 Å². The molecule has 0 atom stereocenters. The first-order chi connectivity index (χ1) is 14.1. The van der Waals surface area contributed by atoms with Crippen molar-refractivity contribution in [3.05, 3.63) is 77.4 Å². The molecule has 1 aromatic carbocycles. The molecular formula is C22H18FN3O3. The number of benzene rings is 1. The van der Waals surface area contributed by atoms with Gasteiger partial charge in [-0.1, -0.05) is 18.2 Å². The van der Waals surface area contributed by atoms with Crippen molar-refractivity contribution in [1.82, 2.24) is 14.9 Å². The first kappa shape index (κ1) is 18.8. The lowest BCUT2D eigenvalue weighted by Gasteiger charge is -2.01. The molecule has 146 valence electrons. The fourth-order valence-corrected chi connectivity index (χ4v) is 3.38. The highest BCUT2D eigenvalue weighted by Crippen LogP contribution is 2.32. The minimum Gasteiger partial charge on any atom is -0.396 e. The van der Waals surface area contributed by atoms with Crippen molar-refractivity contribution in [3.63, 3.8) is 0 Å². The van der Waals surface area contributed by atoms with Crippen LogP contribution in [0.25, 0.3) is 22.7 Å². The highest BCUT2D eigenvalue weighted by molar-refractivity contribution is 6.38. The normalized spacial score (nSPS) is 14.4. The number of carbonyl (C=O) groups excluding carboxylic acids is 2. The molecule has 1 aliphatic heterocycles. The lowest BCUT2D eigenvalue weighted by molar-refractivity contribution is -0.123. The molecule has 1 aliphatic rings. The fourth-order valence-electron chi connectivity index (χ4n) is 3.38. The van der Waals surface area contributed by atoms with Gasteiger partial charge in [0, 0.05) is 36.5 Å². The average Bonchev–Trinajstić information content (AvgIpc) is 3.22. The number of aryl methyl sites for hydroxylation is 1. The molecule has 3 heterocycles. The third kappa shape index (κ3) is 3.60. The number of fused-ring (bicyclic) bond motifs is 1. The maximum absolute atomic E-state index is 13.1. The van der Waals surface area contributed by atoms with E-state index >= 15 is 0 Å². The van der Waals surface area contributed by atoms with E-state index in [4.69, 9.17) is 5.11 Å². The first-order valence-electron chi connectivity index (χ1n) is 9.17. The van der Waals surface area contributed by atoms with Gasteiger partial charge in [-0.3, -0.25) is 14.9 Å². The Morgan fingerprint density at radius 3 is 2.66 bits per heavy atom. The molecule has 29 heavy (non-hydrogen) atoms. The number of nitrogens with one attached hydrogen (secondary N) is 1. The van der Waals surface area contributed by atoms with Crippen LogP contribution < -0.4 is 5.32 Å². The van der Waals surface area contributed by atoms with E-state index in [-0.39, 0.29) is 23.6 Å². The molecule has 0 aliphatic carbocycles. The van der Waals surface area contributed by atoms with Crippen LogP contribution >= 0.6 is 0 Å². The van der Waals surface area contributed by atoms with Gasteiger partial charge in [-0.15, -0.1) is 0 Å². The molecule has 0 spiro atoms. The van der Waals surface area contributed by atoms with E-state index < -0.39 is 11.8 Å². The molecule has 2 aromatic heterocycles. The fraction of sp³-hybridized carbons (Fsp3) is 0.136. The van der Waals surface area contributed by atoms with Crippen LogP contribution in [0.4, 0.5) is 4.39 Å². The molecule has 7 heteroatoms. The summed E-state index contributed by atoms with van der Waals surface area (Å²) < 4.78 is 15.0. The van der Waals surface area contributed by atoms with Crippen LogP contribution in [-0.4, -0.2) is 33.1 Å². The number of carbonyl (C=O) groups is 2. The molecule has 2 N–H and O–H groups in total. The number of rotatable bonds is 6. The lowest BCUT2D eigenvalue weighted by atomic mass is 10.0. The van der Waals surface area contributed by atoms with Crippen LogP contribution in [-0.2, 0) is 16.1 Å². The second kappa shape index (κ2) is 7.81. The zero-order valence-corrected chi connectivity index (χ0v) is 15.4. The smallest absolute Gasteiger partial charge is 0.259 e. The van der Waals surface area contributed by atoms with Gasteiger partial charge in [-0.2, -0.15) is 0 Å². The van der Waals surface area contributed by atoms with Gasteiger partial charge in [-0.25, -0.2) is 9.37 Å². The average molecular weight is 391 g/mol. The highest BCUT2D eigenvalue weighted by atomic mass is 19.1. The van der Waals surface area contributed by atoms with Gasteiger partial charge in [-0.05, 0) is 42.3 Å². The molecule has 4 rings (SSSR count). The topological polar surface area (TPSA) is 84.2 Å². The van der Waals surface area contributed by atoms with Gasteiger partial charge in [0.2, 0.25) is 0 Å². The predicted octanol–water partition coefficient (Wildman–Crippen LogP) is 2.68. The third-order valence-corrected chi connectivity index (χ3v) is 4.74. The Morgan fingerprint density at radius 2 is 1.90 bits per heavy atom. The van der Waals surface area contributed by atoms with E-state index in [1.165, 1.54) is 12.1 Å². The van der Waals surface area contributed by atoms with Crippen molar-refractivity contribution in [2.45, 2.75) is 13.0 Å². The van der Waals surface area contributed by atoms with E-state index in [0.717, 1.165) is 5.39 Å². The second-order valence-corrected chi connectivity index (χ2v) is 6.64. The van der Waals surface area contributed by atoms with Gasteiger partial charge in [0.05, 0.1) is 11.1 Å². The molecule has 0 saturated heterocycles. The summed E-state index contributed by atoms with van der Waals surface area (Å²) in [5.41, 5.74) is 2.50. The van der Waals surface area contributed by atoms with Crippen molar-refractivity contribution in [2.24, 2.45) is 0 Å². The van der Waals surface area contributed by atoms with E-state index in [2.05, 4.69) is 10.3 Å². The monoisotopic (exact) mass is 391 g/mol. The number of hydrogen-bond acceptors (Lipinski definition) is 4. The highest BCUT2D eigenvalue weighted by Gasteiger charge is 2.31. The van der Waals surface area contributed by atoms with Crippen molar-refractivity contribution in [3.8, 4) is 0 Å². The Labute approximate surface area is 166 Å². The molecule has 0 fully saturated rings. The summed E-state index contributed by atoms with van der Waals surface area (Å²) in [7, 11) is 0. The summed E-state index contributed by atoms with van der Waals surface area (Å²) in [6.45, 7) is 0.572. The molecule has 0 bridgehead atoms. The second-order valence-electron chi connectivity index (χ2n) is 6.64. The summed E-state index contributed by atoms with van der Waals surface area (Å²) in [4.78, 5) is 29.4. The standard InChI is InChI=1S/C22H18FN3O3/c23-15-7-4-14(5-8-15)6-9-17-19(22(29)25-21(17)28)18-13-26(11-2-12-27)20-16(18)3-1-10-24-20/h1,3-10,13,27H,2,11-12H2,(H,25,28,29)/b9-6+. The maximum atomic E-state index is 13.1. The quantitative estimate of drug-likeness (QED) is 0.633. The molecule has 6 nitrogen and oxygen atoms in total. The number of imide groups is 1. The van der Waals surface area contributed by atoms with Crippen LogP contribution in [0.15, 0.2) is 60.4 Å². The summed E-state index contributed by atoms with van der Waals surface area (Å²) in [5.74, 6) is -1.30. The largest absolute Gasteiger partial charge is 0.396 e. The SMILES string of the molecule is O=C1NC(=O)C(c2cn(CCCO)c3ncccc23)=C1/C=C/c1ccc(F)cc1. The number of halogens is 1. The maximum Gasteiger partial charge on any atom is 0.259 e. The molecule has 3 aromatic rings. The molecule has 0 radical (unpaired) electrons. The third-order valence-electron chi connectivity index (χ3n) is 4.74. The van der Waals surface area contributed by atoms with Crippen molar-refractivity contribution >= 4 is 34.5 Å². The molecule has 2 amide bonds. The molecule has 0 saturated carbocycles. The van der Waals surface area contributed by atoms with E-state index in [9.17, 15) is 14.0 Å². The van der Waals surface area contributed by atoms with E-state index in [0.29, 0.717) is 29.7 Å². The van der Waals surface area contributed by atoms with Crippen LogP contribution in [0, 0.1) is 5.82 Å². The Bertz CT molecular complexity index is 1160. The van der Waals surface area contributed by atoms with Crippen molar-refractivity contribution in [1.29, 1.82) is 0 Å². The number of pyridine rings is 1. The van der Waals surface area contributed by atoms with Crippen LogP contribution in [0.2, 0.25) is 0 Å². The molecular weight excluding hydrogens is 373 g/mol. The number of aliphatic hydroxyl groups is 1. The van der Waals surface area contributed by atoms with Gasteiger partial charge in [0.1, 0.15) is 11.5 Å². The van der Waals surface area contributed by atoms with Gasteiger partial charge in [0.25, 0.3) is 11.8 Å². The van der Waals surface area contributed by atoms with Crippen LogP contribution in [0.1, 0.15) is 17.5 Å². The minimum atomic E-state index is -0.483. The van der Waals surface area contributed by atoms with Gasteiger partial charge < -0.3 is 9.67 Å². The number of hydrogen-bond donors (Lipinski definition) is 2. The van der Waals surface area contributed by atoms with Crippen LogP contribution in [0.5, 0.6) is 0 Å². The summed E-state index contributed by atoms with van der Waals surface area (Å²) >= 11 is 0. The first-order valence-corrected chi connectivity index (χ1v) is 9.17. The predicted molar refractivity (Wildman–Crippen MR) is 107 cm³/mol. The zero-order chi connectivity index (χ0) is 20.4. The van der Waals surface area contributed by atoms with E-state index in [1.54, 1.807) is 42.7 Å². The number of aliphatic hydroxyl groups excluding tert-OH is 1. The number of aromatic nitrogens is 2. The van der Waals surface area contributed by atoms with E-state index in [1.807, 2.05) is 10.6 Å².